The van der Waals surface area contributed by atoms with Crippen LogP contribution in [0.4, 0.5) is 5.69 Å². The van der Waals surface area contributed by atoms with Crippen molar-refractivity contribution >= 4 is 33.4 Å². The van der Waals surface area contributed by atoms with E-state index >= 15 is 0 Å². The molecule has 0 atom stereocenters. The van der Waals surface area contributed by atoms with Gasteiger partial charge in [-0.2, -0.15) is 0 Å². The predicted molar refractivity (Wildman–Crippen MR) is 126 cm³/mol. The highest BCUT2D eigenvalue weighted by Crippen LogP contribution is 2.29. The average molecular weight is 481 g/mol. The Bertz CT molecular complexity index is 1050. The molecule has 0 radical (unpaired) electrons. The molecule has 0 aliphatic carbocycles. The summed E-state index contributed by atoms with van der Waals surface area (Å²) >= 11 is 3.49. The van der Waals surface area contributed by atoms with Crippen LogP contribution >= 0.6 is 15.9 Å². The normalized spacial score (nSPS) is 10.6. The quantitative estimate of drug-likeness (QED) is 0.445. The Balaban J connectivity index is 1.60. The van der Waals surface area contributed by atoms with Crippen molar-refractivity contribution in [3.05, 3.63) is 94.0 Å². The van der Waals surface area contributed by atoms with Gasteiger partial charge in [0, 0.05) is 6.54 Å². The highest BCUT2D eigenvalue weighted by Gasteiger charge is 2.14. The number of anilines is 1. The number of carbonyl (C=O) groups is 2. The van der Waals surface area contributed by atoms with Crippen LogP contribution in [0.1, 0.15) is 41.3 Å². The van der Waals surface area contributed by atoms with Crippen molar-refractivity contribution in [2.75, 3.05) is 11.9 Å². The zero-order chi connectivity index (χ0) is 22.2. The van der Waals surface area contributed by atoms with Gasteiger partial charge in [0.2, 0.25) is 0 Å². The van der Waals surface area contributed by atoms with E-state index in [-0.39, 0.29) is 18.4 Å². The number of carbonyl (C=O) groups excluding carboxylic acids is 2. The summed E-state index contributed by atoms with van der Waals surface area (Å²) in [7, 11) is 0. The lowest BCUT2D eigenvalue weighted by Crippen LogP contribution is -2.26. The van der Waals surface area contributed by atoms with Gasteiger partial charge in [-0.1, -0.05) is 62.4 Å². The van der Waals surface area contributed by atoms with Crippen molar-refractivity contribution in [1.82, 2.24) is 5.32 Å². The second-order valence-electron chi connectivity index (χ2n) is 7.40. The Hall–Kier alpha value is -3.12. The lowest BCUT2D eigenvalue weighted by Gasteiger charge is -2.13. The van der Waals surface area contributed by atoms with Crippen LogP contribution in [0.15, 0.2) is 77.3 Å². The van der Waals surface area contributed by atoms with Crippen LogP contribution in [0.25, 0.3) is 0 Å². The van der Waals surface area contributed by atoms with Crippen LogP contribution in [0.3, 0.4) is 0 Å². The van der Waals surface area contributed by atoms with Gasteiger partial charge in [-0.15, -0.1) is 0 Å². The first-order valence-corrected chi connectivity index (χ1v) is 10.9. The molecule has 3 aromatic carbocycles. The fourth-order valence-electron chi connectivity index (χ4n) is 2.99. The predicted octanol–water partition coefficient (Wildman–Crippen LogP) is 5.52. The molecule has 0 aliphatic rings. The van der Waals surface area contributed by atoms with E-state index in [1.165, 1.54) is 5.56 Å². The summed E-state index contributed by atoms with van der Waals surface area (Å²) in [5.74, 6) is 0.391. The number of halogens is 1. The summed E-state index contributed by atoms with van der Waals surface area (Å²) in [6.07, 6.45) is 0. The number of rotatable bonds is 8. The van der Waals surface area contributed by atoms with E-state index in [4.69, 9.17) is 4.74 Å². The Morgan fingerprint density at radius 2 is 1.68 bits per heavy atom. The van der Waals surface area contributed by atoms with Crippen LogP contribution < -0.4 is 15.4 Å². The van der Waals surface area contributed by atoms with Gasteiger partial charge in [-0.05, 0) is 57.2 Å². The molecule has 160 valence electrons. The smallest absolute Gasteiger partial charge is 0.262 e. The summed E-state index contributed by atoms with van der Waals surface area (Å²) in [4.78, 5) is 25.1. The van der Waals surface area contributed by atoms with Crippen molar-refractivity contribution in [3.63, 3.8) is 0 Å². The maximum absolute atomic E-state index is 12.6. The topological polar surface area (TPSA) is 67.4 Å². The molecule has 0 aromatic heterocycles. The van der Waals surface area contributed by atoms with Gasteiger partial charge in [0.15, 0.2) is 6.61 Å². The van der Waals surface area contributed by atoms with Gasteiger partial charge in [0.1, 0.15) is 5.75 Å². The van der Waals surface area contributed by atoms with Crippen LogP contribution in [0.2, 0.25) is 0 Å². The number of hydrogen-bond donors (Lipinski definition) is 2. The molecule has 0 heterocycles. The molecule has 2 amide bonds. The molecule has 5 nitrogen and oxygen atoms in total. The lowest BCUT2D eigenvalue weighted by molar-refractivity contribution is -0.118. The lowest BCUT2D eigenvalue weighted by atomic mass is 10.0. The Kier molecular flexibility index (Phi) is 7.84. The molecule has 0 bridgehead atoms. The second kappa shape index (κ2) is 10.8. The summed E-state index contributed by atoms with van der Waals surface area (Å²) in [5.41, 5.74) is 3.02. The molecule has 0 unspecified atom stereocenters. The van der Waals surface area contributed by atoms with Crippen LogP contribution in [0, 0.1) is 0 Å². The summed E-state index contributed by atoms with van der Waals surface area (Å²) in [6.45, 7) is 4.47. The van der Waals surface area contributed by atoms with Crippen molar-refractivity contribution in [1.29, 1.82) is 0 Å². The number of para-hydroxylation sites is 1. The zero-order valence-corrected chi connectivity index (χ0v) is 19.1. The molecule has 31 heavy (non-hydrogen) atoms. The monoisotopic (exact) mass is 480 g/mol. The molecular formula is C25H25BrN2O3. The maximum Gasteiger partial charge on any atom is 0.262 e. The SMILES string of the molecule is CC(C)c1ccc(OCC(=O)Nc2ccccc2C(=O)NCc2ccccc2)c(Br)c1. The minimum atomic E-state index is -0.344. The van der Waals surface area contributed by atoms with Gasteiger partial charge in [0.25, 0.3) is 11.8 Å². The standard InChI is InChI=1S/C25H25BrN2O3/c1-17(2)19-12-13-23(21(26)14-19)31-16-24(29)28-22-11-7-6-10-20(22)25(30)27-15-18-8-4-3-5-9-18/h3-14,17H,15-16H2,1-2H3,(H,27,30)(H,28,29). The molecule has 0 saturated heterocycles. The number of amides is 2. The first kappa shape index (κ1) is 22.6. The number of benzene rings is 3. The highest BCUT2D eigenvalue weighted by molar-refractivity contribution is 9.10. The molecule has 0 spiro atoms. The fraction of sp³-hybridized carbons (Fsp3) is 0.200. The molecular weight excluding hydrogens is 456 g/mol. The van der Waals surface area contributed by atoms with E-state index in [2.05, 4.69) is 40.4 Å². The third-order valence-electron chi connectivity index (χ3n) is 4.72. The van der Waals surface area contributed by atoms with Crippen LogP contribution in [-0.2, 0) is 11.3 Å². The van der Waals surface area contributed by atoms with Crippen molar-refractivity contribution in [3.8, 4) is 5.75 Å². The molecule has 0 aliphatic heterocycles. The second-order valence-corrected chi connectivity index (χ2v) is 8.25. The van der Waals surface area contributed by atoms with E-state index in [9.17, 15) is 9.59 Å². The summed E-state index contributed by atoms with van der Waals surface area (Å²) in [6, 6.07) is 22.4. The van der Waals surface area contributed by atoms with E-state index in [1.54, 1.807) is 24.3 Å². The van der Waals surface area contributed by atoms with Crippen molar-refractivity contribution < 1.29 is 14.3 Å². The molecule has 0 fully saturated rings. The summed E-state index contributed by atoms with van der Waals surface area (Å²) in [5, 5.41) is 5.65. The Morgan fingerprint density at radius 3 is 2.39 bits per heavy atom. The first-order valence-electron chi connectivity index (χ1n) is 10.1. The van der Waals surface area contributed by atoms with E-state index in [1.807, 2.05) is 48.5 Å². The van der Waals surface area contributed by atoms with Crippen molar-refractivity contribution in [2.24, 2.45) is 0 Å². The summed E-state index contributed by atoms with van der Waals surface area (Å²) < 4.78 is 6.45. The minimum absolute atomic E-state index is 0.167. The third kappa shape index (κ3) is 6.43. The van der Waals surface area contributed by atoms with Gasteiger partial charge in [-0.25, -0.2) is 0 Å². The van der Waals surface area contributed by atoms with Crippen LogP contribution in [-0.4, -0.2) is 18.4 Å². The Morgan fingerprint density at radius 1 is 0.968 bits per heavy atom. The van der Waals surface area contributed by atoms with Gasteiger partial charge < -0.3 is 15.4 Å². The van der Waals surface area contributed by atoms with E-state index in [0.29, 0.717) is 29.5 Å². The molecule has 6 heteroatoms. The van der Waals surface area contributed by atoms with Crippen LogP contribution in [0.5, 0.6) is 5.75 Å². The largest absolute Gasteiger partial charge is 0.483 e. The molecule has 3 rings (SSSR count). The minimum Gasteiger partial charge on any atom is -0.483 e. The Labute approximate surface area is 191 Å². The maximum atomic E-state index is 12.6. The first-order chi connectivity index (χ1) is 14.9. The zero-order valence-electron chi connectivity index (χ0n) is 17.5. The van der Waals surface area contributed by atoms with Crippen molar-refractivity contribution in [2.45, 2.75) is 26.3 Å². The van der Waals surface area contributed by atoms with E-state index in [0.717, 1.165) is 10.0 Å². The number of hydrogen-bond acceptors (Lipinski definition) is 3. The number of ether oxygens (including phenoxy) is 1. The van der Waals surface area contributed by atoms with E-state index < -0.39 is 0 Å². The molecule has 2 N–H and O–H groups in total. The van der Waals surface area contributed by atoms with Gasteiger partial charge >= 0.3 is 0 Å². The average Bonchev–Trinajstić information content (AvgIpc) is 2.77. The van der Waals surface area contributed by atoms with Gasteiger partial charge in [0.05, 0.1) is 15.7 Å². The fourth-order valence-corrected chi connectivity index (χ4v) is 3.50. The number of nitrogens with one attached hydrogen (secondary N) is 2. The molecule has 0 saturated carbocycles. The highest BCUT2D eigenvalue weighted by atomic mass is 79.9. The van der Waals surface area contributed by atoms with Gasteiger partial charge in [-0.3, -0.25) is 9.59 Å². The third-order valence-corrected chi connectivity index (χ3v) is 5.34. The molecule has 3 aromatic rings.